The minimum absolute atomic E-state index is 0.522. The van der Waals surface area contributed by atoms with E-state index in [0.29, 0.717) is 5.92 Å². The van der Waals surface area contributed by atoms with Crippen LogP contribution < -0.4 is 0 Å². The highest BCUT2D eigenvalue weighted by Gasteiger charge is 2.08. The molecule has 13 heavy (non-hydrogen) atoms. The van der Waals surface area contributed by atoms with Crippen LogP contribution >= 0.6 is 0 Å². The van der Waals surface area contributed by atoms with E-state index in [-0.39, 0.29) is 0 Å². The summed E-state index contributed by atoms with van der Waals surface area (Å²) in [6.45, 7) is 6.36. The van der Waals surface area contributed by atoms with E-state index in [0.717, 1.165) is 11.3 Å². The summed E-state index contributed by atoms with van der Waals surface area (Å²) in [6, 6.07) is 8.40. The lowest BCUT2D eigenvalue weighted by Crippen LogP contribution is -1.86. The first-order valence-electron chi connectivity index (χ1n) is 4.67. The third-order valence-electron chi connectivity index (χ3n) is 2.32. The Morgan fingerprint density at radius 2 is 2.00 bits per heavy atom. The second-order valence-electron chi connectivity index (χ2n) is 3.78. The fourth-order valence-electron chi connectivity index (χ4n) is 1.67. The maximum absolute atomic E-state index is 5.66. The first-order chi connectivity index (χ1) is 6.18. The van der Waals surface area contributed by atoms with Gasteiger partial charge in [0.1, 0.15) is 11.3 Å². The van der Waals surface area contributed by atoms with E-state index in [1.165, 1.54) is 10.9 Å². The summed E-state index contributed by atoms with van der Waals surface area (Å²) in [5.74, 6) is 1.51. The summed E-state index contributed by atoms with van der Waals surface area (Å²) in [5, 5.41) is 1.21. The van der Waals surface area contributed by atoms with Gasteiger partial charge in [-0.1, -0.05) is 32.0 Å². The van der Waals surface area contributed by atoms with Crippen molar-refractivity contribution in [3.8, 4) is 0 Å². The standard InChI is InChI=1S/C12H14O/c1-8(2)11-6-4-5-10-7-9(3)13-12(10)11/h4-8H,1-3H3. The molecule has 0 atom stereocenters. The number of para-hydroxylation sites is 1. The number of furan rings is 1. The van der Waals surface area contributed by atoms with Crippen molar-refractivity contribution < 1.29 is 4.42 Å². The van der Waals surface area contributed by atoms with Gasteiger partial charge >= 0.3 is 0 Å². The lowest BCUT2D eigenvalue weighted by Gasteiger charge is -2.04. The molecule has 0 aliphatic rings. The second kappa shape index (κ2) is 2.91. The molecule has 1 nitrogen and oxygen atoms in total. The van der Waals surface area contributed by atoms with Gasteiger partial charge in [-0.15, -0.1) is 0 Å². The van der Waals surface area contributed by atoms with E-state index in [9.17, 15) is 0 Å². The van der Waals surface area contributed by atoms with Gasteiger partial charge < -0.3 is 4.42 Å². The van der Waals surface area contributed by atoms with Gasteiger partial charge in [-0.3, -0.25) is 0 Å². The summed E-state index contributed by atoms with van der Waals surface area (Å²) < 4.78 is 5.66. The Morgan fingerprint density at radius 1 is 1.23 bits per heavy atom. The van der Waals surface area contributed by atoms with Crippen LogP contribution in [0.5, 0.6) is 0 Å². The maximum Gasteiger partial charge on any atom is 0.137 e. The molecule has 0 bridgehead atoms. The van der Waals surface area contributed by atoms with Crippen LogP contribution in [0.15, 0.2) is 28.7 Å². The van der Waals surface area contributed by atoms with E-state index in [1.807, 2.05) is 6.92 Å². The minimum Gasteiger partial charge on any atom is -0.461 e. The predicted octanol–water partition coefficient (Wildman–Crippen LogP) is 3.86. The third-order valence-corrected chi connectivity index (χ3v) is 2.32. The van der Waals surface area contributed by atoms with Crippen molar-refractivity contribution in [3.63, 3.8) is 0 Å². The summed E-state index contributed by atoms with van der Waals surface area (Å²) >= 11 is 0. The molecule has 1 heterocycles. The SMILES string of the molecule is Cc1cc2cccc(C(C)C)c2o1. The molecule has 0 radical (unpaired) electrons. The predicted molar refractivity (Wildman–Crippen MR) is 55.0 cm³/mol. The van der Waals surface area contributed by atoms with Crippen molar-refractivity contribution in [2.45, 2.75) is 26.7 Å². The number of rotatable bonds is 1. The smallest absolute Gasteiger partial charge is 0.137 e. The Morgan fingerprint density at radius 3 is 2.69 bits per heavy atom. The van der Waals surface area contributed by atoms with E-state index in [1.54, 1.807) is 0 Å². The van der Waals surface area contributed by atoms with Crippen LogP contribution in [0.4, 0.5) is 0 Å². The molecule has 0 N–H and O–H groups in total. The number of hydrogen-bond acceptors (Lipinski definition) is 1. The number of fused-ring (bicyclic) bond motifs is 1. The molecule has 2 rings (SSSR count). The molecular formula is C12H14O. The molecule has 0 fully saturated rings. The minimum atomic E-state index is 0.522. The van der Waals surface area contributed by atoms with Crippen molar-refractivity contribution in [3.05, 3.63) is 35.6 Å². The average Bonchev–Trinajstić information content (AvgIpc) is 2.43. The van der Waals surface area contributed by atoms with Gasteiger partial charge in [-0.2, -0.15) is 0 Å². The average molecular weight is 174 g/mol. The molecule has 0 spiro atoms. The summed E-state index contributed by atoms with van der Waals surface area (Å²) in [7, 11) is 0. The number of aryl methyl sites for hydroxylation is 1. The first-order valence-corrected chi connectivity index (χ1v) is 4.67. The Kier molecular flexibility index (Phi) is 1.87. The Labute approximate surface area is 78.4 Å². The Bertz CT molecular complexity index is 424. The van der Waals surface area contributed by atoms with Crippen molar-refractivity contribution in [2.24, 2.45) is 0 Å². The zero-order chi connectivity index (χ0) is 9.42. The number of benzene rings is 1. The number of hydrogen-bond donors (Lipinski definition) is 0. The van der Waals surface area contributed by atoms with Crippen LogP contribution in [0.25, 0.3) is 11.0 Å². The van der Waals surface area contributed by atoms with Gasteiger partial charge in [0.15, 0.2) is 0 Å². The molecule has 0 aliphatic heterocycles. The van der Waals surface area contributed by atoms with Crippen LogP contribution in [0.3, 0.4) is 0 Å². The quantitative estimate of drug-likeness (QED) is 0.639. The van der Waals surface area contributed by atoms with Crippen LogP contribution in [0.2, 0.25) is 0 Å². The molecule has 1 aromatic heterocycles. The molecule has 0 saturated carbocycles. The van der Waals surface area contributed by atoms with E-state index >= 15 is 0 Å². The zero-order valence-corrected chi connectivity index (χ0v) is 8.29. The molecule has 1 heteroatoms. The lowest BCUT2D eigenvalue weighted by atomic mass is 10.0. The van der Waals surface area contributed by atoms with Crippen LogP contribution in [0.1, 0.15) is 31.1 Å². The van der Waals surface area contributed by atoms with Crippen molar-refractivity contribution >= 4 is 11.0 Å². The molecule has 1 aromatic carbocycles. The van der Waals surface area contributed by atoms with Gasteiger partial charge in [-0.25, -0.2) is 0 Å². The summed E-state index contributed by atoms with van der Waals surface area (Å²) in [5.41, 5.74) is 2.35. The summed E-state index contributed by atoms with van der Waals surface area (Å²) in [4.78, 5) is 0. The van der Waals surface area contributed by atoms with Gasteiger partial charge in [0, 0.05) is 5.39 Å². The van der Waals surface area contributed by atoms with E-state index in [2.05, 4.69) is 38.1 Å². The van der Waals surface area contributed by atoms with Gasteiger partial charge in [-0.05, 0) is 24.5 Å². The molecule has 2 aromatic rings. The highest BCUT2D eigenvalue weighted by atomic mass is 16.3. The van der Waals surface area contributed by atoms with Gasteiger partial charge in [0.05, 0.1) is 0 Å². The monoisotopic (exact) mass is 174 g/mol. The normalized spacial score (nSPS) is 11.4. The molecule has 0 aliphatic carbocycles. The van der Waals surface area contributed by atoms with E-state index in [4.69, 9.17) is 4.42 Å². The molecule has 0 saturated heterocycles. The molecular weight excluding hydrogens is 160 g/mol. The summed E-state index contributed by atoms with van der Waals surface area (Å²) in [6.07, 6.45) is 0. The molecule has 68 valence electrons. The van der Waals surface area contributed by atoms with Crippen LogP contribution in [0, 0.1) is 6.92 Å². The van der Waals surface area contributed by atoms with Crippen molar-refractivity contribution in [1.29, 1.82) is 0 Å². The molecule has 0 unspecified atom stereocenters. The highest BCUT2D eigenvalue weighted by molar-refractivity contribution is 5.81. The third kappa shape index (κ3) is 1.35. The largest absolute Gasteiger partial charge is 0.461 e. The van der Waals surface area contributed by atoms with Gasteiger partial charge in [0.2, 0.25) is 0 Å². The first kappa shape index (κ1) is 8.36. The highest BCUT2D eigenvalue weighted by Crippen LogP contribution is 2.27. The lowest BCUT2D eigenvalue weighted by molar-refractivity contribution is 0.572. The van der Waals surface area contributed by atoms with Gasteiger partial charge in [0.25, 0.3) is 0 Å². The van der Waals surface area contributed by atoms with Crippen LogP contribution in [-0.4, -0.2) is 0 Å². The van der Waals surface area contributed by atoms with Crippen molar-refractivity contribution in [2.75, 3.05) is 0 Å². The second-order valence-corrected chi connectivity index (χ2v) is 3.78. The zero-order valence-electron chi connectivity index (χ0n) is 8.29. The topological polar surface area (TPSA) is 13.1 Å². The van der Waals surface area contributed by atoms with E-state index < -0.39 is 0 Å². The Hall–Kier alpha value is -1.24. The van der Waals surface area contributed by atoms with Crippen molar-refractivity contribution in [1.82, 2.24) is 0 Å². The Balaban J connectivity index is 2.75. The fourth-order valence-corrected chi connectivity index (χ4v) is 1.67. The molecule has 0 amide bonds. The fraction of sp³-hybridized carbons (Fsp3) is 0.333. The maximum atomic E-state index is 5.66. The van der Waals surface area contributed by atoms with Crippen LogP contribution in [-0.2, 0) is 0 Å².